The fraction of sp³-hybridized carbons (Fsp3) is 0.217. The minimum Gasteiger partial charge on any atom is -0.491 e. The van der Waals surface area contributed by atoms with Crippen molar-refractivity contribution in [1.29, 1.82) is 0 Å². The second-order valence-electron chi connectivity index (χ2n) is 7.33. The Labute approximate surface area is 193 Å². The normalized spacial score (nSPS) is 20.3. The average Bonchev–Trinajstić information content (AvgIpc) is 3.50. The van der Waals surface area contributed by atoms with Gasteiger partial charge in [-0.25, -0.2) is 19.6 Å². The average molecular weight is 494 g/mol. The van der Waals surface area contributed by atoms with Crippen LogP contribution in [0.3, 0.4) is 0 Å². The fourth-order valence-electron chi connectivity index (χ4n) is 3.58. The SMILES string of the molecule is Brc1ccc(C2(Cn3cncn3)OCC(COc3ccc(-c4ccncn4)cc3)O2)cc1. The predicted octanol–water partition coefficient (Wildman–Crippen LogP) is 3.85. The molecule has 1 fully saturated rings. The molecule has 1 saturated heterocycles. The summed E-state index contributed by atoms with van der Waals surface area (Å²) in [7, 11) is 0. The third-order valence-corrected chi connectivity index (χ3v) is 5.68. The van der Waals surface area contributed by atoms with Crippen molar-refractivity contribution in [2.75, 3.05) is 13.2 Å². The van der Waals surface area contributed by atoms with Crippen LogP contribution in [0.2, 0.25) is 0 Å². The van der Waals surface area contributed by atoms with Crippen molar-refractivity contribution in [3.8, 4) is 17.0 Å². The van der Waals surface area contributed by atoms with Gasteiger partial charge in [0.25, 0.3) is 0 Å². The van der Waals surface area contributed by atoms with Crippen LogP contribution in [-0.2, 0) is 21.8 Å². The van der Waals surface area contributed by atoms with E-state index in [1.165, 1.54) is 12.7 Å². The molecule has 0 amide bonds. The lowest BCUT2D eigenvalue weighted by Crippen LogP contribution is -2.34. The maximum Gasteiger partial charge on any atom is 0.215 e. The molecule has 5 rings (SSSR count). The third-order valence-electron chi connectivity index (χ3n) is 5.15. The lowest BCUT2D eigenvalue weighted by Gasteiger charge is -2.28. The predicted molar refractivity (Wildman–Crippen MR) is 120 cm³/mol. The van der Waals surface area contributed by atoms with Crippen molar-refractivity contribution in [1.82, 2.24) is 24.7 Å². The summed E-state index contributed by atoms with van der Waals surface area (Å²) in [6, 6.07) is 17.6. The minimum atomic E-state index is -0.959. The van der Waals surface area contributed by atoms with Gasteiger partial charge in [0, 0.05) is 21.8 Å². The van der Waals surface area contributed by atoms with Gasteiger partial charge in [0.05, 0.1) is 12.3 Å². The van der Waals surface area contributed by atoms with Crippen LogP contribution >= 0.6 is 15.9 Å². The molecular weight excluding hydrogens is 474 g/mol. The second kappa shape index (κ2) is 9.15. The molecule has 4 aromatic rings. The van der Waals surface area contributed by atoms with E-state index >= 15 is 0 Å². The van der Waals surface area contributed by atoms with E-state index in [1.807, 2.05) is 54.6 Å². The van der Waals surface area contributed by atoms with Gasteiger partial charge in [0.15, 0.2) is 0 Å². The summed E-state index contributed by atoms with van der Waals surface area (Å²) in [6.07, 6.45) is 6.17. The summed E-state index contributed by atoms with van der Waals surface area (Å²) in [6.45, 7) is 1.16. The Morgan fingerprint density at radius 2 is 1.88 bits per heavy atom. The minimum absolute atomic E-state index is 0.233. The van der Waals surface area contributed by atoms with Crippen LogP contribution in [0.25, 0.3) is 11.3 Å². The van der Waals surface area contributed by atoms with Gasteiger partial charge in [-0.15, -0.1) is 0 Å². The van der Waals surface area contributed by atoms with E-state index in [0.717, 1.165) is 27.0 Å². The molecule has 0 bridgehead atoms. The molecule has 9 heteroatoms. The molecule has 3 heterocycles. The van der Waals surface area contributed by atoms with Gasteiger partial charge in [0.2, 0.25) is 5.79 Å². The maximum atomic E-state index is 6.40. The lowest BCUT2D eigenvalue weighted by molar-refractivity contribution is -0.190. The molecule has 0 radical (unpaired) electrons. The Balaban J connectivity index is 1.27. The molecule has 0 N–H and O–H groups in total. The zero-order valence-electron chi connectivity index (χ0n) is 17.0. The molecule has 0 spiro atoms. The van der Waals surface area contributed by atoms with Crippen molar-refractivity contribution >= 4 is 15.9 Å². The first-order valence-electron chi connectivity index (χ1n) is 10.1. The van der Waals surface area contributed by atoms with Crippen LogP contribution in [0.5, 0.6) is 5.75 Å². The molecule has 2 aromatic heterocycles. The van der Waals surface area contributed by atoms with Crippen LogP contribution in [0.1, 0.15) is 5.56 Å². The summed E-state index contributed by atoms with van der Waals surface area (Å²) < 4.78 is 21.3. The molecule has 0 saturated carbocycles. The van der Waals surface area contributed by atoms with E-state index in [-0.39, 0.29) is 6.10 Å². The summed E-state index contributed by atoms with van der Waals surface area (Å²) in [5.74, 6) is -0.205. The highest BCUT2D eigenvalue weighted by atomic mass is 79.9. The zero-order chi connectivity index (χ0) is 21.8. The van der Waals surface area contributed by atoms with Gasteiger partial charge in [-0.1, -0.05) is 28.1 Å². The van der Waals surface area contributed by atoms with Crippen LogP contribution < -0.4 is 4.74 Å². The Bertz CT molecular complexity index is 1140. The van der Waals surface area contributed by atoms with E-state index < -0.39 is 5.79 Å². The fourth-order valence-corrected chi connectivity index (χ4v) is 3.84. The van der Waals surface area contributed by atoms with Crippen LogP contribution in [0.4, 0.5) is 0 Å². The van der Waals surface area contributed by atoms with Crippen molar-refractivity contribution in [3.63, 3.8) is 0 Å². The number of hydrogen-bond acceptors (Lipinski definition) is 7. The summed E-state index contributed by atoms with van der Waals surface area (Å²) in [4.78, 5) is 12.2. The molecule has 32 heavy (non-hydrogen) atoms. The first-order chi connectivity index (χ1) is 15.7. The van der Waals surface area contributed by atoms with Crippen molar-refractivity contribution in [2.45, 2.75) is 18.4 Å². The van der Waals surface area contributed by atoms with Crippen molar-refractivity contribution < 1.29 is 14.2 Å². The lowest BCUT2D eigenvalue weighted by atomic mass is 10.1. The standard InChI is InChI=1S/C23H20BrN5O3/c24-19-5-3-18(4-6-19)23(13-29-16-26-15-28-29)31-12-21(32-23)11-30-20-7-1-17(2-8-20)22-9-10-25-14-27-22/h1-10,14-16,21H,11-13H2. The highest BCUT2D eigenvalue weighted by Crippen LogP contribution is 2.36. The van der Waals surface area contributed by atoms with Crippen LogP contribution in [-0.4, -0.2) is 44.1 Å². The maximum absolute atomic E-state index is 6.40. The molecule has 8 nitrogen and oxygen atoms in total. The highest BCUT2D eigenvalue weighted by molar-refractivity contribution is 9.10. The molecule has 162 valence electrons. The van der Waals surface area contributed by atoms with Gasteiger partial charge < -0.3 is 14.2 Å². The monoisotopic (exact) mass is 493 g/mol. The molecule has 2 unspecified atom stereocenters. The van der Waals surface area contributed by atoms with Gasteiger partial charge in [-0.3, -0.25) is 0 Å². The number of rotatable bonds is 7. The Kier molecular flexibility index (Phi) is 5.93. The molecule has 1 aliphatic heterocycles. The Hall–Kier alpha value is -3.14. The van der Waals surface area contributed by atoms with Gasteiger partial charge in [-0.05, 0) is 42.5 Å². The van der Waals surface area contributed by atoms with Crippen LogP contribution in [0.15, 0.2) is 84.2 Å². The number of hydrogen-bond donors (Lipinski definition) is 0. The quantitative estimate of drug-likeness (QED) is 0.386. The molecule has 1 aliphatic rings. The number of aromatic nitrogens is 5. The summed E-state index contributed by atoms with van der Waals surface area (Å²) in [5.41, 5.74) is 2.78. The van der Waals surface area contributed by atoms with E-state index in [2.05, 4.69) is 36.0 Å². The van der Waals surface area contributed by atoms with Gasteiger partial charge >= 0.3 is 0 Å². The first kappa shape index (κ1) is 20.7. The molecule has 2 atom stereocenters. The molecule has 2 aromatic carbocycles. The first-order valence-corrected chi connectivity index (χ1v) is 10.9. The number of benzene rings is 2. The van der Waals surface area contributed by atoms with Crippen molar-refractivity contribution in [3.05, 3.63) is 89.8 Å². The third kappa shape index (κ3) is 4.55. The number of ether oxygens (including phenoxy) is 3. The number of nitrogens with zero attached hydrogens (tertiary/aromatic N) is 5. The highest BCUT2D eigenvalue weighted by Gasteiger charge is 2.44. The zero-order valence-corrected chi connectivity index (χ0v) is 18.6. The van der Waals surface area contributed by atoms with Crippen LogP contribution in [0, 0.1) is 0 Å². The summed E-state index contributed by atoms with van der Waals surface area (Å²) in [5, 5.41) is 4.22. The largest absolute Gasteiger partial charge is 0.491 e. The second-order valence-corrected chi connectivity index (χ2v) is 8.25. The van der Waals surface area contributed by atoms with Gasteiger partial charge in [0.1, 0.15) is 44.0 Å². The summed E-state index contributed by atoms with van der Waals surface area (Å²) >= 11 is 3.48. The smallest absolute Gasteiger partial charge is 0.215 e. The Morgan fingerprint density at radius 3 is 2.59 bits per heavy atom. The van der Waals surface area contributed by atoms with E-state index in [1.54, 1.807) is 17.2 Å². The van der Waals surface area contributed by atoms with E-state index in [9.17, 15) is 0 Å². The molecular formula is C23H20BrN5O3. The van der Waals surface area contributed by atoms with Gasteiger partial charge in [-0.2, -0.15) is 5.10 Å². The Morgan fingerprint density at radius 1 is 1.03 bits per heavy atom. The van der Waals surface area contributed by atoms with Crippen molar-refractivity contribution in [2.24, 2.45) is 0 Å². The number of halogens is 1. The van der Waals surface area contributed by atoms with E-state index in [4.69, 9.17) is 14.2 Å². The topological polar surface area (TPSA) is 84.2 Å². The molecule has 0 aliphatic carbocycles. The van der Waals surface area contributed by atoms with E-state index in [0.29, 0.717) is 19.8 Å².